The van der Waals surface area contributed by atoms with Crippen molar-refractivity contribution in [2.45, 2.75) is 32.2 Å². The number of hydrogen-bond acceptors (Lipinski definition) is 2. The molecule has 4 heteroatoms. The molecule has 0 saturated carbocycles. The maximum absolute atomic E-state index is 11.1. The highest BCUT2D eigenvalue weighted by Crippen LogP contribution is 2.19. The molecule has 0 aromatic carbocycles. The van der Waals surface area contributed by atoms with Crippen LogP contribution in [0.15, 0.2) is 0 Å². The number of hydrogen-bond donors (Lipinski definition) is 1. The van der Waals surface area contributed by atoms with Crippen LogP contribution in [0.5, 0.6) is 0 Å². The Morgan fingerprint density at radius 3 is 2.77 bits per heavy atom. The molecule has 1 aliphatic heterocycles. The molecule has 1 saturated heterocycles. The fraction of sp³-hybridized carbons (Fsp3) is 0.778. The van der Waals surface area contributed by atoms with Gasteiger partial charge in [-0.25, -0.2) is 0 Å². The van der Waals surface area contributed by atoms with Gasteiger partial charge in [0.25, 0.3) is 0 Å². The van der Waals surface area contributed by atoms with Crippen LogP contribution in [-0.4, -0.2) is 36.3 Å². The highest BCUT2D eigenvalue weighted by molar-refractivity contribution is 5.78. The van der Waals surface area contributed by atoms with E-state index in [9.17, 15) is 9.59 Å². The van der Waals surface area contributed by atoms with Gasteiger partial charge in [-0.05, 0) is 12.8 Å². The van der Waals surface area contributed by atoms with E-state index < -0.39 is 0 Å². The van der Waals surface area contributed by atoms with Crippen molar-refractivity contribution in [3.05, 3.63) is 0 Å². The zero-order valence-corrected chi connectivity index (χ0v) is 8.17. The topological polar surface area (TPSA) is 49.4 Å². The lowest BCUT2D eigenvalue weighted by atomic mass is 10.1. The summed E-state index contributed by atoms with van der Waals surface area (Å²) in [5.74, 6) is 0.0875. The first-order valence-electron chi connectivity index (χ1n) is 4.63. The van der Waals surface area contributed by atoms with Crippen LogP contribution >= 0.6 is 0 Å². The number of rotatable bonds is 2. The van der Waals surface area contributed by atoms with Crippen molar-refractivity contribution in [2.75, 3.05) is 13.6 Å². The number of nitrogens with one attached hydrogen (secondary N) is 1. The number of nitrogens with zero attached hydrogens (tertiary/aromatic N) is 1. The molecule has 1 aliphatic rings. The zero-order chi connectivity index (χ0) is 9.84. The molecule has 1 heterocycles. The second kappa shape index (κ2) is 4.25. The van der Waals surface area contributed by atoms with E-state index in [1.165, 1.54) is 0 Å². The number of carbonyl (C=O) groups excluding carboxylic acids is 2. The molecule has 0 aromatic heterocycles. The summed E-state index contributed by atoms with van der Waals surface area (Å²) in [6.45, 7) is 2.36. The Morgan fingerprint density at radius 2 is 2.23 bits per heavy atom. The molecule has 0 aliphatic carbocycles. The Hall–Kier alpha value is -1.06. The van der Waals surface area contributed by atoms with Crippen LogP contribution in [0.3, 0.4) is 0 Å². The van der Waals surface area contributed by atoms with Crippen LogP contribution in [0.2, 0.25) is 0 Å². The van der Waals surface area contributed by atoms with Crippen LogP contribution in [0.4, 0.5) is 0 Å². The summed E-state index contributed by atoms with van der Waals surface area (Å²) in [5, 5.41) is 2.57. The quantitative estimate of drug-likeness (QED) is 0.663. The SMILES string of the molecule is CNC(=O)C[C@H]1CCCN1C(C)=O. The van der Waals surface area contributed by atoms with Crippen molar-refractivity contribution in [3.8, 4) is 0 Å². The third-order valence-corrected chi connectivity index (χ3v) is 2.48. The molecule has 0 unspecified atom stereocenters. The molecular weight excluding hydrogens is 168 g/mol. The summed E-state index contributed by atoms with van der Waals surface area (Å²) >= 11 is 0. The first kappa shape index (κ1) is 10.0. The minimum atomic E-state index is 0.0122. The summed E-state index contributed by atoms with van der Waals surface area (Å²) in [6.07, 6.45) is 2.41. The van der Waals surface area contributed by atoms with Gasteiger partial charge in [0.2, 0.25) is 11.8 Å². The normalized spacial score (nSPS) is 21.7. The standard InChI is InChI=1S/C9H16N2O2/c1-7(12)11-5-3-4-8(11)6-9(13)10-2/h8H,3-6H2,1-2H3,(H,10,13)/t8-/m1/s1. The monoisotopic (exact) mass is 184 g/mol. The molecule has 13 heavy (non-hydrogen) atoms. The molecular formula is C9H16N2O2. The number of likely N-dealkylation sites (tertiary alicyclic amines) is 1. The van der Waals surface area contributed by atoms with E-state index in [4.69, 9.17) is 0 Å². The Kier molecular flexibility index (Phi) is 3.28. The van der Waals surface area contributed by atoms with E-state index in [-0.39, 0.29) is 17.9 Å². The van der Waals surface area contributed by atoms with Gasteiger partial charge >= 0.3 is 0 Å². The Bertz CT molecular complexity index is 216. The molecule has 1 atom stereocenters. The van der Waals surface area contributed by atoms with Gasteiger partial charge in [-0.1, -0.05) is 0 Å². The van der Waals surface area contributed by atoms with Crippen molar-refractivity contribution in [3.63, 3.8) is 0 Å². The van der Waals surface area contributed by atoms with Crippen LogP contribution in [0.25, 0.3) is 0 Å². The molecule has 1 fully saturated rings. The highest BCUT2D eigenvalue weighted by Gasteiger charge is 2.27. The van der Waals surface area contributed by atoms with E-state index in [0.29, 0.717) is 6.42 Å². The van der Waals surface area contributed by atoms with Gasteiger partial charge < -0.3 is 10.2 Å². The first-order chi connectivity index (χ1) is 6.15. The summed E-state index contributed by atoms with van der Waals surface area (Å²) < 4.78 is 0. The molecule has 1 N–H and O–H groups in total. The van der Waals surface area contributed by atoms with Crippen molar-refractivity contribution in [2.24, 2.45) is 0 Å². The van der Waals surface area contributed by atoms with Crippen molar-refractivity contribution < 1.29 is 9.59 Å². The lowest BCUT2D eigenvalue weighted by Gasteiger charge is -2.22. The molecule has 2 amide bonds. The summed E-state index contributed by atoms with van der Waals surface area (Å²) in [7, 11) is 1.62. The molecule has 74 valence electrons. The summed E-state index contributed by atoms with van der Waals surface area (Å²) in [5.41, 5.74) is 0. The van der Waals surface area contributed by atoms with Gasteiger partial charge in [-0.15, -0.1) is 0 Å². The van der Waals surface area contributed by atoms with Gasteiger partial charge in [-0.3, -0.25) is 9.59 Å². The lowest BCUT2D eigenvalue weighted by molar-refractivity contribution is -0.130. The Balaban J connectivity index is 2.48. The third kappa shape index (κ3) is 2.44. The highest BCUT2D eigenvalue weighted by atomic mass is 16.2. The minimum absolute atomic E-state index is 0.0122. The Morgan fingerprint density at radius 1 is 1.54 bits per heavy atom. The van der Waals surface area contributed by atoms with Crippen LogP contribution < -0.4 is 5.32 Å². The third-order valence-electron chi connectivity index (χ3n) is 2.48. The van der Waals surface area contributed by atoms with Crippen LogP contribution in [0.1, 0.15) is 26.2 Å². The summed E-state index contributed by atoms with van der Waals surface area (Å²) in [6, 6.07) is 0.123. The van der Waals surface area contributed by atoms with Gasteiger partial charge in [0.15, 0.2) is 0 Å². The molecule has 0 bridgehead atoms. The van der Waals surface area contributed by atoms with E-state index in [1.54, 1.807) is 18.9 Å². The molecule has 4 nitrogen and oxygen atoms in total. The van der Waals surface area contributed by atoms with Gasteiger partial charge in [0.1, 0.15) is 0 Å². The van der Waals surface area contributed by atoms with Crippen molar-refractivity contribution >= 4 is 11.8 Å². The summed E-state index contributed by atoms with van der Waals surface area (Å²) in [4.78, 5) is 24.0. The molecule has 0 radical (unpaired) electrons. The average Bonchev–Trinajstić information content (AvgIpc) is 2.52. The minimum Gasteiger partial charge on any atom is -0.359 e. The number of carbonyl (C=O) groups is 2. The predicted molar refractivity (Wildman–Crippen MR) is 49.1 cm³/mol. The maximum Gasteiger partial charge on any atom is 0.221 e. The predicted octanol–water partition coefficient (Wildman–Crippen LogP) is 0.133. The van der Waals surface area contributed by atoms with Crippen LogP contribution in [0, 0.1) is 0 Å². The average molecular weight is 184 g/mol. The van der Waals surface area contributed by atoms with Gasteiger partial charge in [-0.2, -0.15) is 0 Å². The maximum atomic E-state index is 11.1. The Labute approximate surface area is 78.3 Å². The van der Waals surface area contributed by atoms with Gasteiger partial charge in [0, 0.05) is 33.0 Å². The van der Waals surface area contributed by atoms with Crippen molar-refractivity contribution in [1.29, 1.82) is 0 Å². The van der Waals surface area contributed by atoms with Crippen molar-refractivity contribution in [1.82, 2.24) is 10.2 Å². The molecule has 0 spiro atoms. The molecule has 0 aromatic rings. The smallest absolute Gasteiger partial charge is 0.221 e. The van der Waals surface area contributed by atoms with E-state index in [2.05, 4.69) is 5.32 Å². The second-order valence-corrected chi connectivity index (χ2v) is 3.39. The van der Waals surface area contributed by atoms with Gasteiger partial charge in [0.05, 0.1) is 0 Å². The fourth-order valence-electron chi connectivity index (χ4n) is 1.78. The van der Waals surface area contributed by atoms with E-state index in [1.807, 2.05) is 0 Å². The fourth-order valence-corrected chi connectivity index (χ4v) is 1.78. The lowest BCUT2D eigenvalue weighted by Crippen LogP contribution is -2.37. The number of amides is 2. The molecule has 1 rings (SSSR count). The second-order valence-electron chi connectivity index (χ2n) is 3.39. The van der Waals surface area contributed by atoms with E-state index >= 15 is 0 Å². The van der Waals surface area contributed by atoms with E-state index in [0.717, 1.165) is 19.4 Å². The largest absolute Gasteiger partial charge is 0.359 e. The first-order valence-corrected chi connectivity index (χ1v) is 4.63. The van der Waals surface area contributed by atoms with Crippen LogP contribution in [-0.2, 0) is 9.59 Å². The zero-order valence-electron chi connectivity index (χ0n) is 8.17.